The fraction of sp³-hybridized carbons (Fsp3) is 0.200. The van der Waals surface area contributed by atoms with E-state index in [1.807, 2.05) is 60.8 Å². The van der Waals surface area contributed by atoms with Crippen molar-refractivity contribution in [3.8, 4) is 5.69 Å². The predicted molar refractivity (Wildman–Crippen MR) is 106 cm³/mol. The van der Waals surface area contributed by atoms with Crippen LogP contribution in [-0.2, 0) is 0 Å². The third kappa shape index (κ3) is 4.86. The number of hydrogen-bond acceptors (Lipinski definition) is 3. The first-order valence-corrected chi connectivity index (χ1v) is 8.77. The monoisotopic (exact) mass is 349 g/mol. The number of anilines is 3. The molecular weight excluding hydrogens is 326 g/mol. The highest BCUT2D eigenvalue weighted by atomic mass is 16.2. The second kappa shape index (κ2) is 8.71. The zero-order chi connectivity index (χ0) is 18.2. The number of benzene rings is 2. The van der Waals surface area contributed by atoms with Crippen LogP contribution in [0.25, 0.3) is 5.69 Å². The second-order valence-electron chi connectivity index (χ2n) is 5.92. The molecule has 1 aromatic heterocycles. The van der Waals surface area contributed by atoms with Gasteiger partial charge in [-0.05, 0) is 42.8 Å². The number of nitrogens with one attached hydrogen (secondary N) is 3. The summed E-state index contributed by atoms with van der Waals surface area (Å²) in [6.45, 7) is 3.12. The van der Waals surface area contributed by atoms with Crippen molar-refractivity contribution in [2.24, 2.45) is 0 Å². The lowest BCUT2D eigenvalue weighted by Gasteiger charge is -2.08. The molecule has 0 aliphatic heterocycles. The fourth-order valence-electron chi connectivity index (χ4n) is 2.47. The molecule has 0 fully saturated rings. The number of carbonyl (C=O) groups excluding carboxylic acids is 1. The van der Waals surface area contributed by atoms with Gasteiger partial charge in [-0.15, -0.1) is 5.10 Å². The molecule has 0 unspecified atom stereocenters. The summed E-state index contributed by atoms with van der Waals surface area (Å²) < 4.78 is 1.71. The van der Waals surface area contributed by atoms with Crippen molar-refractivity contribution in [3.05, 3.63) is 66.9 Å². The molecule has 3 aromatic rings. The van der Waals surface area contributed by atoms with Crippen molar-refractivity contribution in [2.75, 3.05) is 22.5 Å². The molecule has 0 saturated carbocycles. The van der Waals surface area contributed by atoms with Gasteiger partial charge >= 0.3 is 6.03 Å². The highest BCUT2D eigenvalue weighted by Crippen LogP contribution is 2.15. The van der Waals surface area contributed by atoms with E-state index in [2.05, 4.69) is 28.0 Å². The van der Waals surface area contributed by atoms with E-state index in [0.29, 0.717) is 5.82 Å². The van der Waals surface area contributed by atoms with Crippen LogP contribution in [0.3, 0.4) is 0 Å². The summed E-state index contributed by atoms with van der Waals surface area (Å²) in [4.78, 5) is 12.1. The largest absolute Gasteiger partial charge is 0.385 e. The lowest BCUT2D eigenvalue weighted by Crippen LogP contribution is -2.19. The zero-order valence-electron chi connectivity index (χ0n) is 14.8. The van der Waals surface area contributed by atoms with E-state index in [9.17, 15) is 4.79 Å². The van der Waals surface area contributed by atoms with Crippen LogP contribution < -0.4 is 16.0 Å². The number of urea groups is 1. The molecule has 0 aliphatic rings. The second-order valence-corrected chi connectivity index (χ2v) is 5.92. The van der Waals surface area contributed by atoms with Crippen molar-refractivity contribution >= 4 is 23.2 Å². The minimum absolute atomic E-state index is 0.324. The van der Waals surface area contributed by atoms with Crippen molar-refractivity contribution in [2.45, 2.75) is 19.8 Å². The van der Waals surface area contributed by atoms with Gasteiger partial charge in [0.15, 0.2) is 5.82 Å². The third-order valence-corrected chi connectivity index (χ3v) is 3.85. The van der Waals surface area contributed by atoms with Crippen molar-refractivity contribution in [1.29, 1.82) is 0 Å². The molecule has 2 amide bonds. The van der Waals surface area contributed by atoms with Crippen LogP contribution >= 0.6 is 0 Å². The van der Waals surface area contributed by atoms with Gasteiger partial charge in [0.2, 0.25) is 0 Å². The highest BCUT2D eigenvalue weighted by molar-refractivity contribution is 5.99. The van der Waals surface area contributed by atoms with Crippen LogP contribution in [0.4, 0.5) is 22.0 Å². The van der Waals surface area contributed by atoms with Gasteiger partial charge in [0, 0.05) is 30.2 Å². The molecule has 6 heteroatoms. The maximum atomic E-state index is 12.1. The highest BCUT2D eigenvalue weighted by Gasteiger charge is 2.06. The first-order chi connectivity index (χ1) is 12.7. The van der Waals surface area contributed by atoms with Gasteiger partial charge in [0.25, 0.3) is 0 Å². The maximum Gasteiger partial charge on any atom is 0.324 e. The van der Waals surface area contributed by atoms with Crippen molar-refractivity contribution in [3.63, 3.8) is 0 Å². The van der Waals surface area contributed by atoms with Gasteiger partial charge in [-0.2, -0.15) is 0 Å². The normalized spacial score (nSPS) is 10.3. The van der Waals surface area contributed by atoms with Gasteiger partial charge in [-0.25, -0.2) is 9.48 Å². The van der Waals surface area contributed by atoms with E-state index < -0.39 is 0 Å². The predicted octanol–water partition coefficient (Wildman–Crippen LogP) is 4.73. The minimum atomic E-state index is -0.324. The molecule has 6 nitrogen and oxygen atoms in total. The lowest BCUT2D eigenvalue weighted by atomic mass is 10.2. The van der Waals surface area contributed by atoms with Crippen molar-refractivity contribution < 1.29 is 4.79 Å². The molecule has 0 spiro atoms. The summed E-state index contributed by atoms with van der Waals surface area (Å²) in [5.74, 6) is 0.490. The molecule has 1 heterocycles. The van der Waals surface area contributed by atoms with Gasteiger partial charge in [0.1, 0.15) is 0 Å². The summed E-state index contributed by atoms with van der Waals surface area (Å²) in [6.07, 6.45) is 4.10. The number of hydrogen-bond donors (Lipinski definition) is 3. The number of amides is 2. The molecule has 0 saturated heterocycles. The Labute approximate surface area is 153 Å². The van der Waals surface area contributed by atoms with E-state index in [-0.39, 0.29) is 6.03 Å². The van der Waals surface area contributed by atoms with E-state index in [0.717, 1.165) is 36.4 Å². The molecular formula is C20H23N5O. The zero-order valence-corrected chi connectivity index (χ0v) is 14.8. The first-order valence-electron chi connectivity index (χ1n) is 8.77. The first kappa shape index (κ1) is 17.5. The summed E-state index contributed by atoms with van der Waals surface area (Å²) in [5, 5.41) is 13.2. The number of nitrogens with zero attached hydrogens (tertiary/aromatic N) is 2. The lowest BCUT2D eigenvalue weighted by molar-refractivity contribution is 0.262. The third-order valence-electron chi connectivity index (χ3n) is 3.85. The number of rotatable bonds is 7. The Bertz CT molecular complexity index is 827. The Morgan fingerprint density at radius 3 is 2.42 bits per heavy atom. The van der Waals surface area contributed by atoms with Gasteiger partial charge in [0.05, 0.1) is 5.69 Å². The van der Waals surface area contributed by atoms with Crippen LogP contribution in [0.15, 0.2) is 66.9 Å². The Morgan fingerprint density at radius 1 is 0.962 bits per heavy atom. The van der Waals surface area contributed by atoms with E-state index in [4.69, 9.17) is 0 Å². The molecule has 0 atom stereocenters. The van der Waals surface area contributed by atoms with Crippen LogP contribution in [0.2, 0.25) is 0 Å². The summed E-state index contributed by atoms with van der Waals surface area (Å²) in [6, 6.07) is 18.8. The topological polar surface area (TPSA) is 71.0 Å². The van der Waals surface area contributed by atoms with Gasteiger partial charge in [-0.1, -0.05) is 31.5 Å². The van der Waals surface area contributed by atoms with Crippen LogP contribution in [0.5, 0.6) is 0 Å². The molecule has 26 heavy (non-hydrogen) atoms. The average molecular weight is 349 g/mol. The quantitative estimate of drug-likeness (QED) is 0.540. The fourth-order valence-corrected chi connectivity index (χ4v) is 2.47. The van der Waals surface area contributed by atoms with Gasteiger partial charge in [-0.3, -0.25) is 5.32 Å². The smallest absolute Gasteiger partial charge is 0.324 e. The molecule has 134 valence electrons. The van der Waals surface area contributed by atoms with Crippen LogP contribution in [0.1, 0.15) is 19.8 Å². The molecule has 0 bridgehead atoms. The number of para-hydroxylation sites is 1. The number of unbranched alkanes of at least 4 members (excludes halogenated alkanes) is 1. The average Bonchev–Trinajstić information content (AvgIpc) is 3.12. The molecule has 3 N–H and O–H groups in total. The van der Waals surface area contributed by atoms with E-state index in [1.165, 1.54) is 0 Å². The van der Waals surface area contributed by atoms with Crippen LogP contribution in [0, 0.1) is 0 Å². The molecule has 0 aliphatic carbocycles. The van der Waals surface area contributed by atoms with Gasteiger partial charge < -0.3 is 10.6 Å². The summed E-state index contributed by atoms with van der Waals surface area (Å²) in [7, 11) is 0. The Morgan fingerprint density at radius 2 is 1.69 bits per heavy atom. The number of aromatic nitrogens is 2. The molecule has 0 radical (unpaired) electrons. The SMILES string of the molecule is CCCCNc1ccc(NC(=O)Nc2ccn(-c3ccccc3)n2)cc1. The Kier molecular flexibility index (Phi) is 5.88. The summed E-state index contributed by atoms with van der Waals surface area (Å²) in [5.41, 5.74) is 2.71. The van der Waals surface area contributed by atoms with Crippen LogP contribution in [-0.4, -0.2) is 22.4 Å². The summed E-state index contributed by atoms with van der Waals surface area (Å²) >= 11 is 0. The Balaban J connectivity index is 1.53. The molecule has 2 aromatic carbocycles. The Hall–Kier alpha value is -3.28. The van der Waals surface area contributed by atoms with E-state index in [1.54, 1.807) is 10.7 Å². The standard InChI is InChI=1S/C20H23N5O/c1-2-3-14-21-16-9-11-17(12-10-16)22-20(26)23-19-13-15-25(24-19)18-7-5-4-6-8-18/h4-13,15,21H,2-3,14H2,1H3,(H2,22,23,24,26). The van der Waals surface area contributed by atoms with Crippen molar-refractivity contribution in [1.82, 2.24) is 9.78 Å². The minimum Gasteiger partial charge on any atom is -0.385 e. The molecule has 3 rings (SSSR count). The maximum absolute atomic E-state index is 12.1. The number of carbonyl (C=O) groups is 1. The van der Waals surface area contributed by atoms with E-state index >= 15 is 0 Å².